The molecular formula is C32H33ClN6O. The second-order valence-electron chi connectivity index (χ2n) is 10.8. The maximum Gasteiger partial charge on any atom is 0.207 e. The number of imidazole rings is 1. The minimum Gasteiger partial charge on any atom is -0.372 e. The minimum atomic E-state index is 0.147. The Morgan fingerprint density at radius 3 is 2.42 bits per heavy atom. The first-order chi connectivity index (χ1) is 19.2. The summed E-state index contributed by atoms with van der Waals surface area (Å²) in [7, 11) is 1.92. The lowest BCUT2D eigenvalue weighted by Gasteiger charge is -2.38. The summed E-state index contributed by atoms with van der Waals surface area (Å²) in [6.45, 7) is 12.3. The molecule has 0 radical (unpaired) electrons. The van der Waals surface area contributed by atoms with Crippen LogP contribution >= 0.6 is 11.6 Å². The molecule has 0 amide bonds. The van der Waals surface area contributed by atoms with E-state index < -0.39 is 0 Å². The number of anilines is 1. The Labute approximate surface area is 238 Å². The molecule has 2 unspecified atom stereocenters. The van der Waals surface area contributed by atoms with Gasteiger partial charge in [-0.15, -0.1) is 0 Å². The standard InChI is InChI=1S/C32H33ClN6O/c1-19-12-29(38-17-20(2)40-21(3)18-38)24(15-35-4)14-28(19)39-31-26-13-23(22-6-9-25(33)10-7-22)8-11-27(26)36-16-30(31)37(5)32(39)34/h6-14,16,20-21,34H,4,15,17-18H2,1-3,5H3. The van der Waals surface area contributed by atoms with E-state index in [1.54, 1.807) is 0 Å². The zero-order chi connectivity index (χ0) is 28.1. The number of aliphatic imine (C=N–C) groups is 1. The quantitative estimate of drug-likeness (QED) is 0.255. The summed E-state index contributed by atoms with van der Waals surface area (Å²) >= 11 is 6.15. The lowest BCUT2D eigenvalue weighted by Crippen LogP contribution is -2.45. The fourth-order valence-corrected chi connectivity index (χ4v) is 6.08. The summed E-state index contributed by atoms with van der Waals surface area (Å²) in [4.78, 5) is 11.4. The van der Waals surface area contributed by atoms with Crippen LogP contribution in [0.15, 0.2) is 65.8 Å². The van der Waals surface area contributed by atoms with Gasteiger partial charge in [0.2, 0.25) is 5.62 Å². The topological polar surface area (TPSA) is 71.4 Å². The first-order valence-corrected chi connectivity index (χ1v) is 13.9. The van der Waals surface area contributed by atoms with Crippen molar-refractivity contribution in [2.24, 2.45) is 12.0 Å². The van der Waals surface area contributed by atoms with Crippen molar-refractivity contribution in [1.82, 2.24) is 14.1 Å². The van der Waals surface area contributed by atoms with Gasteiger partial charge in [0.25, 0.3) is 0 Å². The molecule has 1 aliphatic rings. The monoisotopic (exact) mass is 552 g/mol. The van der Waals surface area contributed by atoms with E-state index in [2.05, 4.69) is 61.6 Å². The van der Waals surface area contributed by atoms with Crippen LogP contribution in [0.4, 0.5) is 5.69 Å². The SMILES string of the molecule is C=NCc1cc(-n2c(=N)n(C)c3cnc4ccc(-c5ccc(Cl)cc5)cc4c32)c(C)cc1N1CC(C)OC(C)C1. The van der Waals surface area contributed by atoms with Crippen molar-refractivity contribution < 1.29 is 4.74 Å². The van der Waals surface area contributed by atoms with Crippen LogP contribution in [-0.2, 0) is 18.3 Å². The minimum absolute atomic E-state index is 0.147. The fraction of sp³-hybridized carbons (Fsp3) is 0.281. The highest BCUT2D eigenvalue weighted by Crippen LogP contribution is 2.34. The van der Waals surface area contributed by atoms with Crippen molar-refractivity contribution in [1.29, 1.82) is 5.41 Å². The van der Waals surface area contributed by atoms with Crippen molar-refractivity contribution in [3.05, 3.63) is 82.6 Å². The number of benzene rings is 3. The molecule has 0 spiro atoms. The number of nitrogens with zero attached hydrogens (tertiary/aromatic N) is 5. The first-order valence-electron chi connectivity index (χ1n) is 13.5. The number of rotatable bonds is 5. The molecule has 3 aromatic carbocycles. The molecule has 2 aromatic heterocycles. The van der Waals surface area contributed by atoms with E-state index in [-0.39, 0.29) is 12.2 Å². The van der Waals surface area contributed by atoms with Gasteiger partial charge in [0.05, 0.1) is 47.2 Å². The van der Waals surface area contributed by atoms with Gasteiger partial charge in [-0.1, -0.05) is 29.8 Å². The largest absolute Gasteiger partial charge is 0.372 e. The second-order valence-corrected chi connectivity index (χ2v) is 11.2. The summed E-state index contributed by atoms with van der Waals surface area (Å²) in [5.74, 6) is 0. The maximum absolute atomic E-state index is 9.17. The van der Waals surface area contributed by atoms with Gasteiger partial charge in [0, 0.05) is 36.2 Å². The molecule has 204 valence electrons. The van der Waals surface area contributed by atoms with Gasteiger partial charge >= 0.3 is 0 Å². The van der Waals surface area contributed by atoms with E-state index in [1.807, 2.05) is 52.7 Å². The Balaban J connectivity index is 1.59. The van der Waals surface area contributed by atoms with Crippen LogP contribution in [0.5, 0.6) is 0 Å². The number of ether oxygens (including phenoxy) is 1. The van der Waals surface area contributed by atoms with E-state index in [1.165, 1.54) is 0 Å². The molecule has 1 saturated heterocycles. The Bertz CT molecular complexity index is 1810. The summed E-state index contributed by atoms with van der Waals surface area (Å²) in [5, 5.41) is 10.9. The van der Waals surface area contributed by atoms with Crippen LogP contribution in [0.3, 0.4) is 0 Å². The van der Waals surface area contributed by atoms with Gasteiger partial charge in [-0.05, 0) is 86.1 Å². The third-order valence-corrected chi connectivity index (χ3v) is 8.04. The van der Waals surface area contributed by atoms with Gasteiger partial charge in [0.1, 0.15) is 0 Å². The second kappa shape index (κ2) is 10.2. The summed E-state index contributed by atoms with van der Waals surface area (Å²) in [6, 6.07) is 18.6. The zero-order valence-corrected chi connectivity index (χ0v) is 24.0. The van der Waals surface area contributed by atoms with Crippen molar-refractivity contribution in [3.63, 3.8) is 0 Å². The number of morpholine rings is 1. The highest BCUT2D eigenvalue weighted by atomic mass is 35.5. The van der Waals surface area contributed by atoms with E-state index in [9.17, 15) is 0 Å². The molecule has 0 bridgehead atoms. The molecule has 7 nitrogen and oxygen atoms in total. The van der Waals surface area contributed by atoms with Crippen molar-refractivity contribution in [2.45, 2.75) is 39.5 Å². The Kier molecular flexibility index (Phi) is 6.72. The number of hydrogen-bond acceptors (Lipinski definition) is 5. The molecule has 1 aliphatic heterocycles. The van der Waals surface area contributed by atoms with E-state index in [0.717, 1.165) is 68.7 Å². The molecule has 5 aromatic rings. The number of pyridine rings is 1. The van der Waals surface area contributed by atoms with Gasteiger partial charge in [-0.25, -0.2) is 0 Å². The molecule has 2 atom stereocenters. The normalized spacial score (nSPS) is 17.6. The van der Waals surface area contributed by atoms with Crippen LogP contribution in [0.25, 0.3) is 38.8 Å². The molecule has 8 heteroatoms. The predicted octanol–water partition coefficient (Wildman–Crippen LogP) is 6.44. The van der Waals surface area contributed by atoms with Crippen molar-refractivity contribution >= 4 is 45.9 Å². The van der Waals surface area contributed by atoms with Crippen LogP contribution in [0.1, 0.15) is 25.0 Å². The maximum atomic E-state index is 9.17. The van der Waals surface area contributed by atoms with Gasteiger partial charge < -0.3 is 14.2 Å². The Morgan fingerprint density at radius 1 is 1.02 bits per heavy atom. The number of halogens is 1. The highest BCUT2D eigenvalue weighted by Gasteiger charge is 2.25. The predicted molar refractivity (Wildman–Crippen MR) is 164 cm³/mol. The molecular weight excluding hydrogens is 520 g/mol. The molecule has 3 heterocycles. The number of aryl methyl sites for hydroxylation is 2. The van der Waals surface area contributed by atoms with Gasteiger partial charge in [-0.3, -0.25) is 20.0 Å². The molecule has 1 fully saturated rings. The summed E-state index contributed by atoms with van der Waals surface area (Å²) in [6.07, 6.45) is 2.16. The van der Waals surface area contributed by atoms with Crippen LogP contribution in [0.2, 0.25) is 5.02 Å². The van der Waals surface area contributed by atoms with Crippen LogP contribution in [-0.4, -0.2) is 46.1 Å². The van der Waals surface area contributed by atoms with E-state index in [4.69, 9.17) is 26.7 Å². The summed E-state index contributed by atoms with van der Waals surface area (Å²) in [5.41, 5.74) is 9.53. The highest BCUT2D eigenvalue weighted by molar-refractivity contribution is 6.30. The zero-order valence-electron chi connectivity index (χ0n) is 23.3. The average molecular weight is 553 g/mol. The third-order valence-electron chi connectivity index (χ3n) is 7.79. The molecule has 0 saturated carbocycles. The molecule has 0 aliphatic carbocycles. The first kappa shape index (κ1) is 26.3. The Hall–Kier alpha value is -3.94. The van der Waals surface area contributed by atoms with E-state index in [0.29, 0.717) is 17.2 Å². The number of aromatic nitrogens is 3. The van der Waals surface area contributed by atoms with Crippen molar-refractivity contribution in [3.8, 4) is 16.8 Å². The average Bonchev–Trinajstić information content (AvgIpc) is 3.19. The fourth-order valence-electron chi connectivity index (χ4n) is 5.96. The van der Waals surface area contributed by atoms with Gasteiger partial charge in [-0.2, -0.15) is 0 Å². The van der Waals surface area contributed by atoms with Crippen LogP contribution < -0.4 is 10.5 Å². The van der Waals surface area contributed by atoms with Crippen LogP contribution in [0, 0.1) is 12.3 Å². The molecule has 1 N–H and O–H groups in total. The third kappa shape index (κ3) is 4.49. The number of fused-ring (bicyclic) bond motifs is 3. The molecule has 40 heavy (non-hydrogen) atoms. The number of hydrogen-bond donors (Lipinski definition) is 1. The summed E-state index contributed by atoms with van der Waals surface area (Å²) < 4.78 is 9.93. The van der Waals surface area contributed by atoms with Gasteiger partial charge in [0.15, 0.2) is 0 Å². The lowest BCUT2D eigenvalue weighted by atomic mass is 10.0. The molecule has 6 rings (SSSR count). The lowest BCUT2D eigenvalue weighted by molar-refractivity contribution is -0.00526. The van der Waals surface area contributed by atoms with Crippen molar-refractivity contribution in [2.75, 3.05) is 18.0 Å². The smallest absolute Gasteiger partial charge is 0.207 e. The van der Waals surface area contributed by atoms with E-state index >= 15 is 0 Å². The Morgan fingerprint density at radius 2 is 1.73 bits per heavy atom. The number of nitrogens with one attached hydrogen (secondary N) is 1.